The van der Waals surface area contributed by atoms with Gasteiger partial charge in [0.2, 0.25) is 0 Å². The van der Waals surface area contributed by atoms with Crippen molar-refractivity contribution in [3.63, 3.8) is 0 Å². The van der Waals surface area contributed by atoms with Crippen LogP contribution in [-0.4, -0.2) is 34.8 Å². The van der Waals surface area contributed by atoms with E-state index in [1.807, 2.05) is 35.2 Å². The summed E-state index contributed by atoms with van der Waals surface area (Å²) in [6.07, 6.45) is 1.62. The van der Waals surface area contributed by atoms with Crippen LogP contribution in [0.4, 0.5) is 4.79 Å². The smallest absolute Gasteiger partial charge is 0.410 e. The van der Waals surface area contributed by atoms with Crippen LogP contribution >= 0.6 is 0 Å². The number of fused-ring (bicyclic) bond motifs is 3. The number of aromatic nitrogens is 1. The van der Waals surface area contributed by atoms with Crippen LogP contribution in [0.15, 0.2) is 48.5 Å². The average molecular weight is 376 g/mol. The van der Waals surface area contributed by atoms with Gasteiger partial charge in [-0.25, -0.2) is 4.79 Å². The molecule has 5 nitrogen and oxygen atoms in total. The molecule has 144 valence electrons. The fourth-order valence-corrected chi connectivity index (χ4v) is 4.46. The summed E-state index contributed by atoms with van der Waals surface area (Å²) in [5, 5.41) is 1.26. The number of rotatable bonds is 2. The van der Waals surface area contributed by atoms with E-state index in [-0.39, 0.29) is 12.2 Å². The maximum Gasteiger partial charge on any atom is 0.410 e. The molecule has 0 bridgehead atoms. The van der Waals surface area contributed by atoms with E-state index in [0.717, 1.165) is 30.7 Å². The first-order chi connectivity index (χ1) is 13.7. The minimum atomic E-state index is -0.227. The fraction of sp³-hybridized carbons (Fsp3) is 0.348. The predicted octanol–water partition coefficient (Wildman–Crippen LogP) is 4.16. The molecule has 28 heavy (non-hydrogen) atoms. The molecule has 2 aliphatic heterocycles. The largest absolute Gasteiger partial charge is 0.487 e. The Balaban J connectivity index is 1.36. The van der Waals surface area contributed by atoms with Crippen molar-refractivity contribution >= 4 is 17.0 Å². The van der Waals surface area contributed by atoms with Crippen LogP contribution in [0.3, 0.4) is 0 Å². The van der Waals surface area contributed by atoms with E-state index >= 15 is 0 Å². The number of nitrogens with zero attached hydrogens (tertiary/aromatic N) is 2. The summed E-state index contributed by atoms with van der Waals surface area (Å²) < 4.78 is 14.0. The Morgan fingerprint density at radius 3 is 2.79 bits per heavy atom. The molecule has 2 aromatic carbocycles. The molecule has 0 fully saturated rings. The molecule has 1 unspecified atom stereocenters. The lowest BCUT2D eigenvalue weighted by molar-refractivity contribution is 0.0976. The van der Waals surface area contributed by atoms with Gasteiger partial charge in [-0.05, 0) is 30.5 Å². The molecule has 0 spiro atoms. The third-order valence-corrected chi connectivity index (χ3v) is 5.75. The van der Waals surface area contributed by atoms with Gasteiger partial charge < -0.3 is 18.9 Å². The van der Waals surface area contributed by atoms with Crippen molar-refractivity contribution in [3.8, 4) is 5.75 Å². The van der Waals surface area contributed by atoms with Gasteiger partial charge in [-0.3, -0.25) is 0 Å². The molecular weight excluding hydrogens is 352 g/mol. The number of para-hydroxylation sites is 1. The van der Waals surface area contributed by atoms with Crippen LogP contribution in [0.1, 0.15) is 23.7 Å². The second-order valence-corrected chi connectivity index (χ2v) is 7.64. The Labute approximate surface area is 164 Å². The summed E-state index contributed by atoms with van der Waals surface area (Å²) >= 11 is 0. The van der Waals surface area contributed by atoms with E-state index < -0.39 is 0 Å². The van der Waals surface area contributed by atoms with Crippen molar-refractivity contribution in [1.82, 2.24) is 9.47 Å². The summed E-state index contributed by atoms with van der Waals surface area (Å²) in [7, 11) is 0. The topological polar surface area (TPSA) is 43.7 Å². The quantitative estimate of drug-likeness (QED) is 0.675. The number of carbonyl (C=O) groups excluding carboxylic acids is 1. The number of hydrogen-bond acceptors (Lipinski definition) is 3. The van der Waals surface area contributed by atoms with Gasteiger partial charge in [0, 0.05) is 30.6 Å². The fourth-order valence-electron chi connectivity index (χ4n) is 4.46. The van der Waals surface area contributed by atoms with Crippen LogP contribution in [0.25, 0.3) is 10.9 Å². The zero-order valence-electron chi connectivity index (χ0n) is 16.1. The number of amides is 1. The SMILES string of the molecule is CC1Cn2c3c(c4cccc(c42)O1)CCN(C(=O)OCc1ccccc1)CC3. The highest BCUT2D eigenvalue weighted by Crippen LogP contribution is 2.38. The standard InChI is InChI=1S/C23H24N2O3/c1-16-14-25-20-11-13-24(23(26)27-15-17-6-3-2-4-7-17)12-10-18(20)19-8-5-9-21(28-16)22(19)25/h2-9,16H,10-15H2,1H3. The highest BCUT2D eigenvalue weighted by atomic mass is 16.6. The van der Waals surface area contributed by atoms with Crippen LogP contribution in [-0.2, 0) is 30.7 Å². The maximum absolute atomic E-state index is 12.6. The van der Waals surface area contributed by atoms with Gasteiger partial charge in [-0.15, -0.1) is 0 Å². The van der Waals surface area contributed by atoms with E-state index in [0.29, 0.717) is 19.7 Å². The van der Waals surface area contributed by atoms with Gasteiger partial charge >= 0.3 is 6.09 Å². The molecule has 0 aliphatic carbocycles. The van der Waals surface area contributed by atoms with Crippen LogP contribution in [0.2, 0.25) is 0 Å². The average Bonchev–Trinajstić information content (AvgIpc) is 2.88. The lowest BCUT2D eigenvalue weighted by Crippen LogP contribution is -2.34. The van der Waals surface area contributed by atoms with Crippen molar-refractivity contribution in [3.05, 3.63) is 65.4 Å². The van der Waals surface area contributed by atoms with Crippen molar-refractivity contribution in [2.24, 2.45) is 0 Å². The lowest BCUT2D eigenvalue weighted by atomic mass is 10.1. The first-order valence-electron chi connectivity index (χ1n) is 9.96. The molecule has 1 aromatic heterocycles. The normalized spacial score (nSPS) is 18.3. The van der Waals surface area contributed by atoms with Crippen LogP contribution in [0, 0.1) is 0 Å². The van der Waals surface area contributed by atoms with Gasteiger partial charge in [0.05, 0.1) is 12.1 Å². The number of benzene rings is 2. The number of ether oxygens (including phenoxy) is 2. The Kier molecular flexibility index (Phi) is 4.23. The van der Waals surface area contributed by atoms with Crippen LogP contribution in [0.5, 0.6) is 5.75 Å². The molecule has 0 N–H and O–H groups in total. The third-order valence-electron chi connectivity index (χ3n) is 5.75. The van der Waals surface area contributed by atoms with Crippen molar-refractivity contribution < 1.29 is 14.3 Å². The van der Waals surface area contributed by atoms with Gasteiger partial charge in [0.15, 0.2) is 0 Å². The van der Waals surface area contributed by atoms with E-state index in [1.165, 1.54) is 22.2 Å². The van der Waals surface area contributed by atoms with Gasteiger partial charge in [-0.2, -0.15) is 0 Å². The van der Waals surface area contributed by atoms with E-state index in [9.17, 15) is 4.79 Å². The minimum Gasteiger partial charge on any atom is -0.487 e. The lowest BCUT2D eigenvalue weighted by Gasteiger charge is -2.25. The molecule has 0 radical (unpaired) electrons. The second-order valence-electron chi connectivity index (χ2n) is 7.64. The van der Waals surface area contributed by atoms with E-state index in [1.54, 1.807) is 0 Å². The third kappa shape index (κ3) is 2.91. The maximum atomic E-state index is 12.6. The van der Waals surface area contributed by atoms with Crippen LogP contribution < -0.4 is 4.74 Å². The molecule has 2 aliphatic rings. The van der Waals surface area contributed by atoms with E-state index in [2.05, 4.69) is 29.7 Å². The molecule has 3 heterocycles. The molecular formula is C23H24N2O3. The molecule has 0 saturated carbocycles. The monoisotopic (exact) mass is 376 g/mol. The van der Waals surface area contributed by atoms with E-state index in [4.69, 9.17) is 9.47 Å². The molecule has 5 heteroatoms. The molecule has 1 amide bonds. The zero-order valence-corrected chi connectivity index (χ0v) is 16.1. The molecule has 3 aromatic rings. The van der Waals surface area contributed by atoms with Crippen molar-refractivity contribution in [2.75, 3.05) is 13.1 Å². The summed E-state index contributed by atoms with van der Waals surface area (Å²) in [4.78, 5) is 14.5. The first-order valence-corrected chi connectivity index (χ1v) is 9.96. The Morgan fingerprint density at radius 2 is 1.93 bits per heavy atom. The van der Waals surface area contributed by atoms with Crippen molar-refractivity contribution in [1.29, 1.82) is 0 Å². The van der Waals surface area contributed by atoms with Crippen molar-refractivity contribution in [2.45, 2.75) is 39.0 Å². The molecule has 5 rings (SSSR count). The first kappa shape index (κ1) is 17.2. The Hall–Kier alpha value is -2.95. The zero-order chi connectivity index (χ0) is 19.1. The Bertz CT molecular complexity index is 1030. The summed E-state index contributed by atoms with van der Waals surface area (Å²) in [5.74, 6) is 0.975. The Morgan fingerprint density at radius 1 is 1.11 bits per heavy atom. The summed E-state index contributed by atoms with van der Waals surface area (Å²) in [5.41, 5.74) is 4.92. The van der Waals surface area contributed by atoms with Gasteiger partial charge in [-0.1, -0.05) is 42.5 Å². The summed E-state index contributed by atoms with van der Waals surface area (Å²) in [6.45, 7) is 4.65. The second kappa shape index (κ2) is 6.89. The highest BCUT2D eigenvalue weighted by Gasteiger charge is 2.29. The molecule has 1 atom stereocenters. The minimum absolute atomic E-state index is 0.157. The number of hydrogen-bond donors (Lipinski definition) is 0. The highest BCUT2D eigenvalue weighted by molar-refractivity contribution is 5.91. The van der Waals surface area contributed by atoms with Gasteiger partial charge in [0.25, 0.3) is 0 Å². The van der Waals surface area contributed by atoms with Gasteiger partial charge in [0.1, 0.15) is 18.5 Å². The predicted molar refractivity (Wildman–Crippen MR) is 108 cm³/mol. The molecule has 0 saturated heterocycles. The summed E-state index contributed by atoms with van der Waals surface area (Å²) in [6, 6.07) is 16.1. The number of carbonyl (C=O) groups is 1.